The van der Waals surface area contributed by atoms with Crippen molar-refractivity contribution < 1.29 is 19.4 Å². The van der Waals surface area contributed by atoms with Gasteiger partial charge in [-0.3, -0.25) is 4.79 Å². The average molecular weight is 413 g/mol. The quantitative estimate of drug-likeness (QED) is 0.678. The van der Waals surface area contributed by atoms with Crippen LogP contribution in [0.2, 0.25) is 0 Å². The van der Waals surface area contributed by atoms with Gasteiger partial charge in [0, 0.05) is 19.0 Å². The normalized spacial score (nSPS) is 14.5. The van der Waals surface area contributed by atoms with Gasteiger partial charge in [0.1, 0.15) is 6.61 Å². The van der Waals surface area contributed by atoms with Gasteiger partial charge in [-0.25, -0.2) is 4.79 Å². The van der Waals surface area contributed by atoms with Gasteiger partial charge >= 0.3 is 12.1 Å². The number of rotatable bonds is 4. The Hall–Kier alpha value is -3.60. The van der Waals surface area contributed by atoms with Gasteiger partial charge in [-0.05, 0) is 45.4 Å². The maximum absolute atomic E-state index is 12.9. The van der Waals surface area contributed by atoms with Crippen molar-refractivity contribution in [2.24, 2.45) is 0 Å². The number of ether oxygens (including phenoxy) is 1. The van der Waals surface area contributed by atoms with E-state index < -0.39 is 5.97 Å². The Bertz CT molecular complexity index is 1120. The van der Waals surface area contributed by atoms with Gasteiger partial charge in [-0.1, -0.05) is 66.7 Å². The van der Waals surface area contributed by atoms with Crippen molar-refractivity contribution >= 4 is 12.1 Å². The van der Waals surface area contributed by atoms with Crippen molar-refractivity contribution in [3.63, 3.8) is 0 Å². The summed E-state index contributed by atoms with van der Waals surface area (Å²) < 4.78 is 5.78. The molecular formula is C26H23NO4. The number of carbonyl (C=O) groups is 2. The Balaban J connectivity index is 1.30. The van der Waals surface area contributed by atoms with Crippen molar-refractivity contribution in [2.75, 3.05) is 13.2 Å². The number of carboxylic acid groups (broad SMARTS) is 1. The van der Waals surface area contributed by atoms with E-state index in [1.165, 1.54) is 22.3 Å². The highest BCUT2D eigenvalue weighted by Gasteiger charge is 2.30. The molecule has 0 unspecified atom stereocenters. The Kier molecular flexibility index (Phi) is 4.94. The van der Waals surface area contributed by atoms with E-state index in [1.807, 2.05) is 42.5 Å². The average Bonchev–Trinajstić information content (AvgIpc) is 3.11. The highest BCUT2D eigenvalue weighted by Crippen LogP contribution is 2.44. The number of hydrogen-bond acceptors (Lipinski definition) is 3. The van der Waals surface area contributed by atoms with Gasteiger partial charge in [-0.2, -0.15) is 0 Å². The molecule has 0 saturated carbocycles. The van der Waals surface area contributed by atoms with Crippen LogP contribution in [0.15, 0.2) is 66.7 Å². The molecule has 1 amide bonds. The predicted molar refractivity (Wildman–Crippen MR) is 117 cm³/mol. The van der Waals surface area contributed by atoms with Crippen LogP contribution in [0, 0.1) is 0 Å². The van der Waals surface area contributed by atoms with Crippen LogP contribution in [0.3, 0.4) is 0 Å². The molecule has 0 spiro atoms. The summed E-state index contributed by atoms with van der Waals surface area (Å²) in [6, 6.07) is 22.2. The molecule has 2 aliphatic rings. The minimum atomic E-state index is -0.840. The van der Waals surface area contributed by atoms with E-state index in [0.717, 1.165) is 16.7 Å². The van der Waals surface area contributed by atoms with E-state index in [1.54, 1.807) is 4.90 Å². The summed E-state index contributed by atoms with van der Waals surface area (Å²) in [5, 5.41) is 9.14. The summed E-state index contributed by atoms with van der Waals surface area (Å²) in [5.74, 6) is -0.803. The fraction of sp³-hybridized carbons (Fsp3) is 0.231. The van der Waals surface area contributed by atoms with E-state index in [2.05, 4.69) is 24.3 Å². The van der Waals surface area contributed by atoms with Crippen molar-refractivity contribution in [2.45, 2.75) is 25.3 Å². The molecule has 0 aromatic heterocycles. The van der Waals surface area contributed by atoms with Crippen molar-refractivity contribution in [3.8, 4) is 11.1 Å². The van der Waals surface area contributed by atoms with Gasteiger partial charge in [0.05, 0.1) is 6.42 Å². The first-order chi connectivity index (χ1) is 15.1. The summed E-state index contributed by atoms with van der Waals surface area (Å²) in [6.07, 6.45) is 0.327. The lowest BCUT2D eigenvalue weighted by Gasteiger charge is -2.30. The molecule has 0 bridgehead atoms. The second kappa shape index (κ2) is 7.91. The Labute approximate surface area is 180 Å². The van der Waals surface area contributed by atoms with Crippen LogP contribution in [-0.4, -0.2) is 35.2 Å². The van der Waals surface area contributed by atoms with Crippen LogP contribution in [0.1, 0.15) is 33.7 Å². The number of nitrogens with zero attached hydrogens (tertiary/aromatic N) is 1. The first-order valence-corrected chi connectivity index (χ1v) is 10.5. The topological polar surface area (TPSA) is 66.8 Å². The molecule has 0 atom stereocenters. The zero-order chi connectivity index (χ0) is 21.4. The highest BCUT2D eigenvalue weighted by atomic mass is 16.6. The van der Waals surface area contributed by atoms with Gasteiger partial charge in [0.25, 0.3) is 0 Å². The molecule has 1 aliphatic carbocycles. The minimum absolute atomic E-state index is 0.00805. The first kappa shape index (κ1) is 19.4. The fourth-order valence-corrected chi connectivity index (χ4v) is 4.86. The summed E-state index contributed by atoms with van der Waals surface area (Å²) in [6.45, 7) is 1.27. The van der Waals surface area contributed by atoms with Gasteiger partial charge in [-0.15, -0.1) is 0 Å². The molecule has 3 aromatic rings. The Morgan fingerprint density at radius 3 is 2.29 bits per heavy atom. The van der Waals surface area contributed by atoms with Crippen LogP contribution < -0.4 is 0 Å². The lowest BCUT2D eigenvalue weighted by atomic mass is 9.93. The SMILES string of the molecule is O=C(O)Cc1cccc2c1CCN(C(=O)OCC1c3ccccc3-c3ccccc31)C2. The van der Waals surface area contributed by atoms with Crippen LogP contribution in [0.5, 0.6) is 0 Å². The lowest BCUT2D eigenvalue weighted by molar-refractivity contribution is -0.136. The van der Waals surface area contributed by atoms with Crippen molar-refractivity contribution in [1.82, 2.24) is 4.90 Å². The maximum atomic E-state index is 12.9. The molecule has 3 aromatic carbocycles. The molecule has 5 nitrogen and oxygen atoms in total. The Morgan fingerprint density at radius 2 is 1.61 bits per heavy atom. The summed E-state index contributed by atoms with van der Waals surface area (Å²) in [7, 11) is 0. The number of aliphatic carboxylic acids is 1. The molecule has 1 aliphatic heterocycles. The third kappa shape index (κ3) is 3.56. The monoisotopic (exact) mass is 413 g/mol. The van der Waals surface area contributed by atoms with E-state index in [9.17, 15) is 9.59 Å². The summed E-state index contributed by atoms with van der Waals surface area (Å²) in [5.41, 5.74) is 7.68. The number of carboxylic acids is 1. The van der Waals surface area contributed by atoms with E-state index in [4.69, 9.17) is 9.84 Å². The third-order valence-electron chi connectivity index (χ3n) is 6.30. The molecule has 5 rings (SSSR count). The minimum Gasteiger partial charge on any atom is -0.481 e. The second-order valence-electron chi connectivity index (χ2n) is 8.10. The second-order valence-corrected chi connectivity index (χ2v) is 8.10. The zero-order valence-electron chi connectivity index (χ0n) is 17.1. The van der Waals surface area contributed by atoms with E-state index in [-0.39, 0.29) is 18.4 Å². The van der Waals surface area contributed by atoms with Crippen LogP contribution in [0.25, 0.3) is 11.1 Å². The van der Waals surface area contributed by atoms with E-state index in [0.29, 0.717) is 26.1 Å². The van der Waals surface area contributed by atoms with Crippen LogP contribution in [0.4, 0.5) is 4.79 Å². The van der Waals surface area contributed by atoms with Crippen LogP contribution in [-0.2, 0) is 28.9 Å². The standard InChI is InChI=1S/C26H23NO4/c28-25(29)14-17-6-5-7-18-15-27(13-12-19(17)18)26(30)31-16-24-22-10-3-1-8-20(22)21-9-2-4-11-23(21)24/h1-11,24H,12-16H2,(H,28,29). The van der Waals surface area contributed by atoms with Crippen molar-refractivity contribution in [3.05, 3.63) is 94.5 Å². The van der Waals surface area contributed by atoms with Crippen molar-refractivity contribution in [1.29, 1.82) is 0 Å². The summed E-state index contributed by atoms with van der Waals surface area (Å²) in [4.78, 5) is 25.7. The Morgan fingerprint density at radius 1 is 0.935 bits per heavy atom. The predicted octanol–water partition coefficient (Wildman–Crippen LogP) is 4.62. The van der Waals surface area contributed by atoms with Gasteiger partial charge in [0.15, 0.2) is 0 Å². The molecule has 1 heterocycles. The number of carbonyl (C=O) groups excluding carboxylic acids is 1. The molecule has 0 radical (unpaired) electrons. The summed E-state index contributed by atoms with van der Waals surface area (Å²) >= 11 is 0. The maximum Gasteiger partial charge on any atom is 0.410 e. The highest BCUT2D eigenvalue weighted by molar-refractivity contribution is 5.79. The molecular weight excluding hydrogens is 390 g/mol. The number of benzene rings is 3. The number of fused-ring (bicyclic) bond motifs is 4. The number of hydrogen-bond donors (Lipinski definition) is 1. The molecule has 0 saturated heterocycles. The fourth-order valence-electron chi connectivity index (χ4n) is 4.86. The molecule has 1 N–H and O–H groups in total. The zero-order valence-corrected chi connectivity index (χ0v) is 17.1. The number of amides is 1. The van der Waals surface area contributed by atoms with Crippen LogP contribution >= 0.6 is 0 Å². The van der Waals surface area contributed by atoms with Gasteiger partial charge < -0.3 is 14.7 Å². The molecule has 0 fully saturated rings. The first-order valence-electron chi connectivity index (χ1n) is 10.5. The molecule has 31 heavy (non-hydrogen) atoms. The smallest absolute Gasteiger partial charge is 0.410 e. The van der Waals surface area contributed by atoms with E-state index >= 15 is 0 Å². The molecule has 5 heteroatoms. The largest absolute Gasteiger partial charge is 0.481 e. The third-order valence-corrected chi connectivity index (χ3v) is 6.30. The van der Waals surface area contributed by atoms with Gasteiger partial charge in [0.2, 0.25) is 0 Å². The lowest BCUT2D eigenvalue weighted by Crippen LogP contribution is -2.37. The molecule has 156 valence electrons.